The van der Waals surface area contributed by atoms with E-state index in [-0.39, 0.29) is 0 Å². The van der Waals surface area contributed by atoms with Crippen molar-refractivity contribution < 1.29 is 0 Å². The van der Waals surface area contributed by atoms with Gasteiger partial charge in [0.2, 0.25) is 0 Å². The van der Waals surface area contributed by atoms with Gasteiger partial charge in [-0.3, -0.25) is 0 Å². The quantitative estimate of drug-likeness (QED) is 0.150. The second kappa shape index (κ2) is 15.1. The van der Waals surface area contributed by atoms with E-state index in [0.29, 0.717) is 0 Å². The lowest BCUT2D eigenvalue weighted by Gasteiger charge is -2.26. The summed E-state index contributed by atoms with van der Waals surface area (Å²) in [6, 6.07) is 87.7. The number of benzene rings is 9. The Kier molecular flexibility index (Phi) is 8.87. The molecule has 0 N–H and O–H groups in total. The van der Waals surface area contributed by atoms with Crippen molar-refractivity contribution in [2.75, 3.05) is 4.90 Å². The van der Waals surface area contributed by atoms with Gasteiger partial charge in [-0.1, -0.05) is 194 Å². The first-order valence-corrected chi connectivity index (χ1v) is 20.6. The second-order valence-electron chi connectivity index (χ2n) is 15.3. The van der Waals surface area contributed by atoms with E-state index >= 15 is 0 Å². The molecule has 60 heavy (non-hydrogen) atoms. The average molecular weight is 765 g/mol. The molecule has 282 valence electrons. The van der Waals surface area contributed by atoms with Crippen LogP contribution < -0.4 is 4.90 Å². The maximum atomic E-state index is 2.49. The Labute approximate surface area is 350 Å². The van der Waals surface area contributed by atoms with Gasteiger partial charge in [-0.15, -0.1) is 0 Å². The summed E-state index contributed by atoms with van der Waals surface area (Å²) in [6.45, 7) is 0. The lowest BCUT2D eigenvalue weighted by atomic mass is 9.93. The van der Waals surface area contributed by atoms with E-state index in [1.165, 1.54) is 83.0 Å². The van der Waals surface area contributed by atoms with Crippen LogP contribution in [0, 0.1) is 0 Å². The fourth-order valence-corrected chi connectivity index (χ4v) is 8.96. The summed E-state index contributed by atoms with van der Waals surface area (Å²) >= 11 is 0. The molecular weight excluding hydrogens is 725 g/mol. The molecule has 0 saturated heterocycles. The Balaban J connectivity index is 1.05. The zero-order valence-electron chi connectivity index (χ0n) is 33.0. The number of fused-ring (bicyclic) bond motifs is 5. The molecule has 2 heterocycles. The van der Waals surface area contributed by atoms with Crippen molar-refractivity contribution in [3.63, 3.8) is 0 Å². The number of nitrogens with zero attached hydrogens (tertiary/aromatic N) is 2. The van der Waals surface area contributed by atoms with Crippen LogP contribution in [0.1, 0.15) is 0 Å². The summed E-state index contributed by atoms with van der Waals surface area (Å²) in [6.07, 6.45) is 0. The molecule has 11 rings (SSSR count). The summed E-state index contributed by atoms with van der Waals surface area (Å²) in [5, 5.41) is 2.44. The summed E-state index contributed by atoms with van der Waals surface area (Å²) in [4.78, 5) is 2.35. The Hall–Kier alpha value is -7.94. The van der Waals surface area contributed by atoms with E-state index in [0.717, 1.165) is 17.1 Å². The van der Waals surface area contributed by atoms with Gasteiger partial charge in [0.25, 0.3) is 0 Å². The number of aromatic nitrogens is 1. The lowest BCUT2D eigenvalue weighted by Crippen LogP contribution is -2.09. The molecule has 2 heteroatoms. The molecule has 0 aliphatic heterocycles. The van der Waals surface area contributed by atoms with Crippen LogP contribution in [-0.2, 0) is 0 Å². The molecule has 0 unspecified atom stereocenters. The molecular formula is C58H40N2. The summed E-state index contributed by atoms with van der Waals surface area (Å²) < 4.78 is 2.49. The third kappa shape index (κ3) is 6.23. The summed E-state index contributed by atoms with van der Waals surface area (Å²) in [5.41, 5.74) is 19.0. The molecule has 2 aromatic heterocycles. The van der Waals surface area contributed by atoms with Gasteiger partial charge in [-0.25, -0.2) is 0 Å². The smallest absolute Gasteiger partial charge is 0.0612 e. The minimum Gasteiger partial charge on any atom is -0.311 e. The van der Waals surface area contributed by atoms with Gasteiger partial charge in [0.1, 0.15) is 0 Å². The normalized spacial score (nSPS) is 11.3. The number of rotatable bonds is 8. The third-order valence-electron chi connectivity index (χ3n) is 11.8. The predicted molar refractivity (Wildman–Crippen MR) is 254 cm³/mol. The van der Waals surface area contributed by atoms with E-state index in [2.05, 4.69) is 252 Å². The largest absolute Gasteiger partial charge is 0.311 e. The molecule has 0 bridgehead atoms. The highest BCUT2D eigenvalue weighted by molar-refractivity contribution is 6.12. The fraction of sp³-hybridized carbons (Fsp3) is 0. The van der Waals surface area contributed by atoms with Crippen LogP contribution in [0.5, 0.6) is 0 Å². The van der Waals surface area contributed by atoms with Crippen molar-refractivity contribution in [3.05, 3.63) is 243 Å². The number of para-hydroxylation sites is 2. The highest BCUT2D eigenvalue weighted by Gasteiger charge is 2.20. The van der Waals surface area contributed by atoms with Gasteiger partial charge >= 0.3 is 0 Å². The third-order valence-corrected chi connectivity index (χ3v) is 11.8. The Bertz CT molecular complexity index is 3170. The molecule has 0 aliphatic carbocycles. The highest BCUT2D eigenvalue weighted by Crippen LogP contribution is 2.44. The van der Waals surface area contributed by atoms with Crippen molar-refractivity contribution in [2.45, 2.75) is 0 Å². The van der Waals surface area contributed by atoms with E-state index in [4.69, 9.17) is 0 Å². The Morgan fingerprint density at radius 3 is 1.28 bits per heavy atom. The van der Waals surface area contributed by atoms with Crippen LogP contribution in [0.25, 0.3) is 83.0 Å². The zero-order valence-corrected chi connectivity index (χ0v) is 33.0. The minimum absolute atomic E-state index is 1.09. The average Bonchev–Trinajstić information content (AvgIpc) is 3.67. The predicted octanol–water partition coefficient (Wildman–Crippen LogP) is 16.1. The number of anilines is 3. The highest BCUT2D eigenvalue weighted by atomic mass is 15.1. The van der Waals surface area contributed by atoms with Crippen molar-refractivity contribution in [2.24, 2.45) is 0 Å². The van der Waals surface area contributed by atoms with Gasteiger partial charge in [0.15, 0.2) is 0 Å². The van der Waals surface area contributed by atoms with Gasteiger partial charge < -0.3 is 9.30 Å². The molecule has 2 nitrogen and oxygen atoms in total. The number of hydrogen-bond acceptors (Lipinski definition) is 1. The standard InChI is InChI=1S/C58H40N2/c1-4-15-41(16-5-1)43-27-34-48(35-28-43)59(49-36-29-44(30-37-49)42-17-6-2-7-18-42)50-38-31-46(32-39-50)52-25-14-21-47-33-40-56-57(54-24-12-13-26-55(54)60(56)58(47)52)53-23-11-10-22-51(53)45-19-8-3-9-20-45/h1-40H. The van der Waals surface area contributed by atoms with E-state index in [1.807, 2.05) is 0 Å². The van der Waals surface area contributed by atoms with Crippen LogP contribution >= 0.6 is 0 Å². The molecule has 11 aromatic rings. The van der Waals surface area contributed by atoms with Crippen molar-refractivity contribution >= 4 is 44.4 Å². The number of hydrogen-bond donors (Lipinski definition) is 0. The maximum Gasteiger partial charge on any atom is 0.0612 e. The van der Waals surface area contributed by atoms with Crippen molar-refractivity contribution in [1.29, 1.82) is 0 Å². The Morgan fingerprint density at radius 1 is 0.267 bits per heavy atom. The van der Waals surface area contributed by atoms with E-state index < -0.39 is 0 Å². The zero-order chi connectivity index (χ0) is 39.8. The Morgan fingerprint density at radius 2 is 0.700 bits per heavy atom. The molecule has 0 fully saturated rings. The van der Waals surface area contributed by atoms with Gasteiger partial charge in [0, 0.05) is 33.6 Å². The lowest BCUT2D eigenvalue weighted by molar-refractivity contribution is 1.28. The van der Waals surface area contributed by atoms with Gasteiger partial charge in [0.05, 0.1) is 16.6 Å². The summed E-state index contributed by atoms with van der Waals surface area (Å²) in [5.74, 6) is 0. The molecule has 0 saturated carbocycles. The van der Waals surface area contributed by atoms with Crippen LogP contribution in [0.3, 0.4) is 0 Å². The van der Waals surface area contributed by atoms with Crippen LogP contribution in [0.15, 0.2) is 243 Å². The van der Waals surface area contributed by atoms with E-state index in [9.17, 15) is 0 Å². The van der Waals surface area contributed by atoms with Crippen molar-refractivity contribution in [1.82, 2.24) is 4.40 Å². The SMILES string of the molecule is c1ccc(-c2ccc(N(c3ccc(-c4ccccc4)cc3)c3ccc(-c4cccc5ccc6c(-c7ccccc7-c7ccccc7)c7ccccc7n6c45)cc3)cc2)cc1. The molecule has 9 aromatic carbocycles. The topological polar surface area (TPSA) is 7.65 Å². The first-order chi connectivity index (χ1) is 29.8. The first kappa shape index (κ1) is 35.2. The van der Waals surface area contributed by atoms with Crippen LogP contribution in [-0.4, -0.2) is 4.40 Å². The second-order valence-corrected chi connectivity index (χ2v) is 15.3. The maximum absolute atomic E-state index is 2.49. The molecule has 0 aliphatic rings. The van der Waals surface area contributed by atoms with Gasteiger partial charge in [-0.2, -0.15) is 0 Å². The van der Waals surface area contributed by atoms with Crippen LogP contribution in [0.2, 0.25) is 0 Å². The first-order valence-electron chi connectivity index (χ1n) is 20.6. The van der Waals surface area contributed by atoms with E-state index in [1.54, 1.807) is 0 Å². The fourth-order valence-electron chi connectivity index (χ4n) is 8.96. The molecule has 0 radical (unpaired) electrons. The molecule has 0 atom stereocenters. The summed E-state index contributed by atoms with van der Waals surface area (Å²) in [7, 11) is 0. The minimum atomic E-state index is 1.09. The van der Waals surface area contributed by atoms with Gasteiger partial charge in [-0.05, 0) is 98.4 Å². The van der Waals surface area contributed by atoms with Crippen molar-refractivity contribution in [3.8, 4) is 55.6 Å². The molecule has 0 amide bonds. The monoisotopic (exact) mass is 764 g/mol. The molecule has 0 spiro atoms. The number of pyridine rings is 1. The van der Waals surface area contributed by atoms with Crippen LogP contribution in [0.4, 0.5) is 17.1 Å².